The molecule has 1 fully saturated rings. The second kappa shape index (κ2) is 6.02. The standard InChI is InChI=1S/C14H22N2/c15-11-14-4-2-1-3-13(14)8-10-16-9-7-12-5-6-12/h1-4,12,16H,5-11,15H2. The second-order valence-corrected chi connectivity index (χ2v) is 4.70. The lowest BCUT2D eigenvalue weighted by Crippen LogP contribution is -2.19. The average molecular weight is 218 g/mol. The molecule has 2 heteroatoms. The molecule has 0 heterocycles. The lowest BCUT2D eigenvalue weighted by molar-refractivity contribution is 0.612. The third kappa shape index (κ3) is 3.62. The van der Waals surface area contributed by atoms with Gasteiger partial charge in [0.25, 0.3) is 0 Å². The van der Waals surface area contributed by atoms with E-state index in [1.165, 1.54) is 36.9 Å². The summed E-state index contributed by atoms with van der Waals surface area (Å²) in [7, 11) is 0. The predicted molar refractivity (Wildman–Crippen MR) is 68.2 cm³/mol. The van der Waals surface area contributed by atoms with Crippen molar-refractivity contribution in [1.82, 2.24) is 5.32 Å². The van der Waals surface area contributed by atoms with Crippen molar-refractivity contribution in [2.24, 2.45) is 11.7 Å². The molecule has 0 saturated heterocycles. The van der Waals surface area contributed by atoms with Crippen LogP contribution in [0.4, 0.5) is 0 Å². The highest BCUT2D eigenvalue weighted by Crippen LogP contribution is 2.31. The molecule has 2 rings (SSSR count). The Morgan fingerprint density at radius 1 is 1.12 bits per heavy atom. The zero-order valence-corrected chi connectivity index (χ0v) is 9.91. The van der Waals surface area contributed by atoms with Gasteiger partial charge in [0.15, 0.2) is 0 Å². The Bertz CT molecular complexity index is 318. The number of hydrogen-bond donors (Lipinski definition) is 2. The molecule has 1 aliphatic rings. The van der Waals surface area contributed by atoms with Crippen LogP contribution < -0.4 is 11.1 Å². The van der Waals surface area contributed by atoms with Gasteiger partial charge in [-0.1, -0.05) is 37.1 Å². The summed E-state index contributed by atoms with van der Waals surface area (Å²) >= 11 is 0. The monoisotopic (exact) mass is 218 g/mol. The van der Waals surface area contributed by atoms with Crippen LogP contribution in [0.3, 0.4) is 0 Å². The minimum absolute atomic E-state index is 0.651. The third-order valence-electron chi connectivity index (χ3n) is 3.34. The van der Waals surface area contributed by atoms with Crippen molar-refractivity contribution >= 4 is 0 Å². The van der Waals surface area contributed by atoms with Gasteiger partial charge in [0, 0.05) is 6.54 Å². The van der Waals surface area contributed by atoms with Gasteiger partial charge >= 0.3 is 0 Å². The van der Waals surface area contributed by atoms with Gasteiger partial charge in [-0.15, -0.1) is 0 Å². The van der Waals surface area contributed by atoms with Gasteiger partial charge in [-0.25, -0.2) is 0 Å². The zero-order chi connectivity index (χ0) is 11.2. The number of hydrogen-bond acceptors (Lipinski definition) is 2. The Hall–Kier alpha value is -0.860. The summed E-state index contributed by atoms with van der Waals surface area (Å²) in [4.78, 5) is 0. The van der Waals surface area contributed by atoms with Crippen molar-refractivity contribution in [3.8, 4) is 0 Å². The Labute approximate surface area is 98.2 Å². The topological polar surface area (TPSA) is 38.0 Å². The summed E-state index contributed by atoms with van der Waals surface area (Å²) in [5, 5.41) is 3.52. The normalized spacial score (nSPS) is 15.3. The maximum atomic E-state index is 5.71. The van der Waals surface area contributed by atoms with Crippen molar-refractivity contribution in [3.05, 3.63) is 35.4 Å². The van der Waals surface area contributed by atoms with Gasteiger partial charge in [0.2, 0.25) is 0 Å². The van der Waals surface area contributed by atoms with E-state index < -0.39 is 0 Å². The highest BCUT2D eigenvalue weighted by molar-refractivity contribution is 5.27. The fourth-order valence-corrected chi connectivity index (χ4v) is 2.06. The average Bonchev–Trinajstić information content (AvgIpc) is 3.13. The molecule has 0 aromatic heterocycles. The van der Waals surface area contributed by atoms with E-state index in [2.05, 4.69) is 29.6 Å². The van der Waals surface area contributed by atoms with Crippen molar-refractivity contribution in [1.29, 1.82) is 0 Å². The van der Waals surface area contributed by atoms with Crippen LogP contribution in [0.5, 0.6) is 0 Å². The minimum Gasteiger partial charge on any atom is -0.326 e. The minimum atomic E-state index is 0.651. The highest BCUT2D eigenvalue weighted by atomic mass is 14.8. The third-order valence-corrected chi connectivity index (χ3v) is 3.34. The predicted octanol–water partition coefficient (Wildman–Crippen LogP) is 2.08. The maximum Gasteiger partial charge on any atom is 0.0180 e. The molecular formula is C14H22N2. The maximum absolute atomic E-state index is 5.71. The lowest BCUT2D eigenvalue weighted by atomic mass is 10.0. The second-order valence-electron chi connectivity index (χ2n) is 4.70. The van der Waals surface area contributed by atoms with Gasteiger partial charge in [-0.3, -0.25) is 0 Å². The number of nitrogens with two attached hydrogens (primary N) is 1. The Morgan fingerprint density at radius 2 is 1.88 bits per heavy atom. The Kier molecular flexibility index (Phi) is 4.37. The molecule has 0 atom stereocenters. The molecule has 1 aliphatic carbocycles. The molecule has 1 saturated carbocycles. The van der Waals surface area contributed by atoms with Gasteiger partial charge in [0.1, 0.15) is 0 Å². The highest BCUT2D eigenvalue weighted by Gasteiger charge is 2.19. The van der Waals surface area contributed by atoms with Crippen LogP contribution in [0.25, 0.3) is 0 Å². The van der Waals surface area contributed by atoms with Gasteiger partial charge in [-0.2, -0.15) is 0 Å². The van der Waals surface area contributed by atoms with Crippen molar-refractivity contribution in [2.75, 3.05) is 13.1 Å². The van der Waals surface area contributed by atoms with E-state index in [1.54, 1.807) is 0 Å². The van der Waals surface area contributed by atoms with Crippen LogP contribution in [-0.2, 0) is 13.0 Å². The summed E-state index contributed by atoms with van der Waals surface area (Å²) in [5.74, 6) is 1.03. The summed E-state index contributed by atoms with van der Waals surface area (Å²) in [6.45, 7) is 2.90. The van der Waals surface area contributed by atoms with E-state index in [0.717, 1.165) is 18.9 Å². The van der Waals surface area contributed by atoms with Crippen molar-refractivity contribution < 1.29 is 0 Å². The van der Waals surface area contributed by atoms with Gasteiger partial charge < -0.3 is 11.1 Å². The molecule has 3 N–H and O–H groups in total. The smallest absolute Gasteiger partial charge is 0.0180 e. The molecule has 0 aliphatic heterocycles. The van der Waals surface area contributed by atoms with Gasteiger partial charge in [0.05, 0.1) is 0 Å². The molecule has 16 heavy (non-hydrogen) atoms. The van der Waals surface area contributed by atoms with E-state index >= 15 is 0 Å². The van der Waals surface area contributed by atoms with E-state index in [-0.39, 0.29) is 0 Å². The van der Waals surface area contributed by atoms with Crippen LogP contribution in [0.1, 0.15) is 30.4 Å². The zero-order valence-electron chi connectivity index (χ0n) is 9.91. The molecule has 0 amide bonds. The van der Waals surface area contributed by atoms with Crippen molar-refractivity contribution in [2.45, 2.75) is 32.2 Å². The molecule has 0 unspecified atom stereocenters. The molecule has 0 spiro atoms. The summed E-state index contributed by atoms with van der Waals surface area (Å²) in [6.07, 6.45) is 5.37. The molecule has 1 aromatic carbocycles. The van der Waals surface area contributed by atoms with Crippen molar-refractivity contribution in [3.63, 3.8) is 0 Å². The first-order chi connectivity index (χ1) is 7.90. The van der Waals surface area contributed by atoms with Gasteiger partial charge in [-0.05, 0) is 43.0 Å². The molecule has 0 bridgehead atoms. The molecule has 88 valence electrons. The first-order valence-corrected chi connectivity index (χ1v) is 6.37. The Morgan fingerprint density at radius 3 is 2.56 bits per heavy atom. The SMILES string of the molecule is NCc1ccccc1CCNCCC1CC1. The van der Waals surface area contributed by atoms with Crippen LogP contribution in [0.2, 0.25) is 0 Å². The van der Waals surface area contributed by atoms with Crippen LogP contribution >= 0.6 is 0 Å². The number of nitrogens with one attached hydrogen (secondary N) is 1. The molecule has 0 radical (unpaired) electrons. The quantitative estimate of drug-likeness (QED) is 0.688. The summed E-state index contributed by atoms with van der Waals surface area (Å²) in [6, 6.07) is 8.47. The van der Waals surface area contributed by atoms with E-state index in [0.29, 0.717) is 6.54 Å². The number of rotatable bonds is 7. The fourth-order valence-electron chi connectivity index (χ4n) is 2.06. The summed E-state index contributed by atoms with van der Waals surface area (Å²) in [5.41, 5.74) is 8.38. The lowest BCUT2D eigenvalue weighted by Gasteiger charge is -2.08. The number of benzene rings is 1. The van der Waals surface area contributed by atoms with E-state index in [4.69, 9.17) is 5.73 Å². The molecule has 2 nitrogen and oxygen atoms in total. The first kappa shape index (κ1) is 11.6. The van der Waals surface area contributed by atoms with Crippen LogP contribution in [0.15, 0.2) is 24.3 Å². The molecule has 1 aromatic rings. The fraction of sp³-hybridized carbons (Fsp3) is 0.571. The first-order valence-electron chi connectivity index (χ1n) is 6.37. The van der Waals surface area contributed by atoms with Crippen LogP contribution in [0, 0.1) is 5.92 Å². The Balaban J connectivity index is 1.67. The largest absolute Gasteiger partial charge is 0.326 e. The van der Waals surface area contributed by atoms with Crippen LogP contribution in [-0.4, -0.2) is 13.1 Å². The van der Waals surface area contributed by atoms with E-state index in [9.17, 15) is 0 Å². The van der Waals surface area contributed by atoms with E-state index in [1.807, 2.05) is 0 Å². The summed E-state index contributed by atoms with van der Waals surface area (Å²) < 4.78 is 0. The molecular weight excluding hydrogens is 196 g/mol.